The Labute approximate surface area is 120 Å². The molecular weight excluding hydrogens is 252 g/mol. The molecule has 1 amide bonds. The van der Waals surface area contributed by atoms with Crippen LogP contribution in [0.2, 0.25) is 0 Å². The van der Waals surface area contributed by atoms with Crippen molar-refractivity contribution in [2.75, 3.05) is 25.4 Å². The van der Waals surface area contributed by atoms with E-state index in [0.29, 0.717) is 12.5 Å². The van der Waals surface area contributed by atoms with Crippen LogP contribution < -0.4 is 5.73 Å². The van der Waals surface area contributed by atoms with Crippen molar-refractivity contribution >= 4 is 11.6 Å². The summed E-state index contributed by atoms with van der Waals surface area (Å²) in [6.07, 6.45) is 3.61. The lowest BCUT2D eigenvalue weighted by Gasteiger charge is -2.31. The van der Waals surface area contributed by atoms with E-state index >= 15 is 0 Å². The molecule has 2 N–H and O–H groups in total. The molecule has 1 heterocycles. The first kappa shape index (κ1) is 14.9. The minimum atomic E-state index is 0.247. The second-order valence-electron chi connectivity index (χ2n) is 5.28. The molecular formula is C16H24N2O2. The van der Waals surface area contributed by atoms with Crippen LogP contribution in [-0.4, -0.2) is 36.6 Å². The first-order valence-corrected chi connectivity index (χ1v) is 7.43. The summed E-state index contributed by atoms with van der Waals surface area (Å²) in [5.41, 5.74) is 7.58. The van der Waals surface area contributed by atoms with Crippen LogP contribution in [0, 0.1) is 0 Å². The number of rotatable bonds is 5. The quantitative estimate of drug-likeness (QED) is 0.839. The van der Waals surface area contributed by atoms with Gasteiger partial charge in [-0.3, -0.25) is 4.79 Å². The third-order valence-electron chi connectivity index (χ3n) is 3.80. The van der Waals surface area contributed by atoms with Crippen LogP contribution in [-0.2, 0) is 16.0 Å². The van der Waals surface area contributed by atoms with Crippen LogP contribution >= 0.6 is 0 Å². The van der Waals surface area contributed by atoms with Crippen molar-refractivity contribution in [2.45, 2.75) is 38.7 Å². The standard InChI is InChI=1S/C16H24N2O2/c1-2-20-15-9-11-18(12-10-15)16(19)8-5-13-3-6-14(17)7-4-13/h3-4,6-7,15H,2,5,8-12,17H2,1H3. The molecule has 1 aliphatic rings. The Morgan fingerprint density at radius 2 is 1.95 bits per heavy atom. The molecule has 1 aliphatic heterocycles. The maximum absolute atomic E-state index is 12.2. The second-order valence-corrected chi connectivity index (χ2v) is 5.28. The minimum absolute atomic E-state index is 0.247. The van der Waals surface area contributed by atoms with Crippen LogP contribution in [0.4, 0.5) is 5.69 Å². The van der Waals surface area contributed by atoms with Crippen molar-refractivity contribution < 1.29 is 9.53 Å². The number of nitrogen functional groups attached to an aromatic ring is 1. The molecule has 4 heteroatoms. The van der Waals surface area contributed by atoms with Gasteiger partial charge in [-0.2, -0.15) is 0 Å². The third kappa shape index (κ3) is 4.23. The van der Waals surface area contributed by atoms with Crippen molar-refractivity contribution in [3.05, 3.63) is 29.8 Å². The summed E-state index contributed by atoms with van der Waals surface area (Å²) in [6.45, 7) is 4.43. The van der Waals surface area contributed by atoms with Crippen LogP contribution in [0.15, 0.2) is 24.3 Å². The monoisotopic (exact) mass is 276 g/mol. The fraction of sp³-hybridized carbons (Fsp3) is 0.562. The molecule has 1 aromatic carbocycles. The first-order valence-electron chi connectivity index (χ1n) is 7.43. The number of aryl methyl sites for hydroxylation is 1. The molecule has 0 aromatic heterocycles. The smallest absolute Gasteiger partial charge is 0.222 e. The zero-order valence-electron chi connectivity index (χ0n) is 12.2. The van der Waals surface area contributed by atoms with Gasteiger partial charge in [0.2, 0.25) is 5.91 Å². The molecule has 0 bridgehead atoms. The number of benzene rings is 1. The summed E-state index contributed by atoms with van der Waals surface area (Å²) in [4.78, 5) is 14.1. The van der Waals surface area contributed by atoms with Gasteiger partial charge in [0.15, 0.2) is 0 Å². The van der Waals surface area contributed by atoms with Crippen molar-refractivity contribution in [3.8, 4) is 0 Å². The Kier molecular flexibility index (Phi) is 5.41. The van der Waals surface area contributed by atoms with Gasteiger partial charge in [0, 0.05) is 31.8 Å². The van der Waals surface area contributed by atoms with E-state index in [1.165, 1.54) is 0 Å². The largest absolute Gasteiger partial charge is 0.399 e. The first-order chi connectivity index (χ1) is 9.69. The Hall–Kier alpha value is -1.55. The number of anilines is 1. The van der Waals surface area contributed by atoms with Crippen LogP contribution in [0.5, 0.6) is 0 Å². The average Bonchev–Trinajstić information content (AvgIpc) is 2.47. The average molecular weight is 276 g/mol. The number of nitrogens with zero attached hydrogens (tertiary/aromatic N) is 1. The summed E-state index contributed by atoms with van der Waals surface area (Å²) in [5, 5.41) is 0. The third-order valence-corrected chi connectivity index (χ3v) is 3.80. The number of piperidine rings is 1. The highest BCUT2D eigenvalue weighted by Gasteiger charge is 2.22. The fourth-order valence-corrected chi connectivity index (χ4v) is 2.60. The summed E-state index contributed by atoms with van der Waals surface area (Å²) >= 11 is 0. The SMILES string of the molecule is CCOC1CCN(C(=O)CCc2ccc(N)cc2)CC1. The highest BCUT2D eigenvalue weighted by Crippen LogP contribution is 2.15. The molecule has 4 nitrogen and oxygen atoms in total. The Morgan fingerprint density at radius 1 is 1.30 bits per heavy atom. The second kappa shape index (κ2) is 7.29. The fourth-order valence-electron chi connectivity index (χ4n) is 2.60. The molecule has 0 atom stereocenters. The number of nitrogens with two attached hydrogens (primary N) is 1. The van der Waals surface area contributed by atoms with Gasteiger partial charge in [0.05, 0.1) is 6.10 Å². The lowest BCUT2D eigenvalue weighted by Crippen LogP contribution is -2.41. The van der Waals surface area contributed by atoms with Gasteiger partial charge in [-0.25, -0.2) is 0 Å². The van der Waals surface area contributed by atoms with E-state index in [-0.39, 0.29) is 5.91 Å². The van der Waals surface area contributed by atoms with Crippen molar-refractivity contribution in [1.29, 1.82) is 0 Å². The van der Waals surface area contributed by atoms with Crippen molar-refractivity contribution in [2.24, 2.45) is 0 Å². The maximum atomic E-state index is 12.2. The lowest BCUT2D eigenvalue weighted by atomic mass is 10.1. The van der Waals surface area contributed by atoms with E-state index in [4.69, 9.17) is 10.5 Å². The summed E-state index contributed by atoms with van der Waals surface area (Å²) in [6, 6.07) is 7.74. The van der Waals surface area contributed by atoms with Gasteiger partial charge in [0.1, 0.15) is 0 Å². The normalized spacial score (nSPS) is 16.4. The van der Waals surface area contributed by atoms with Gasteiger partial charge in [-0.1, -0.05) is 12.1 Å². The Balaban J connectivity index is 1.74. The molecule has 0 unspecified atom stereocenters. The number of ether oxygens (including phenoxy) is 1. The van der Waals surface area contributed by atoms with Gasteiger partial charge in [-0.05, 0) is 43.9 Å². The molecule has 0 radical (unpaired) electrons. The van der Waals surface area contributed by atoms with E-state index in [9.17, 15) is 4.79 Å². The van der Waals surface area contributed by atoms with E-state index in [0.717, 1.165) is 50.2 Å². The molecule has 110 valence electrons. The van der Waals surface area contributed by atoms with Gasteiger partial charge < -0.3 is 15.4 Å². The Bertz CT molecular complexity index is 423. The van der Waals surface area contributed by atoms with E-state index < -0.39 is 0 Å². The molecule has 1 fully saturated rings. The van der Waals surface area contributed by atoms with Crippen LogP contribution in [0.3, 0.4) is 0 Å². The zero-order valence-corrected chi connectivity index (χ0v) is 12.2. The molecule has 0 saturated carbocycles. The van der Waals surface area contributed by atoms with E-state index in [1.54, 1.807) is 0 Å². The van der Waals surface area contributed by atoms with Crippen LogP contribution in [0.1, 0.15) is 31.7 Å². The molecule has 1 aromatic rings. The molecule has 2 rings (SSSR count). The minimum Gasteiger partial charge on any atom is -0.399 e. The number of hydrogen-bond donors (Lipinski definition) is 1. The predicted octanol–water partition coefficient (Wildman–Crippen LogP) is 2.23. The highest BCUT2D eigenvalue weighted by molar-refractivity contribution is 5.76. The van der Waals surface area contributed by atoms with Gasteiger partial charge in [0.25, 0.3) is 0 Å². The zero-order chi connectivity index (χ0) is 14.4. The summed E-state index contributed by atoms with van der Waals surface area (Å²) < 4.78 is 5.60. The topological polar surface area (TPSA) is 55.6 Å². The molecule has 1 saturated heterocycles. The molecule has 0 spiro atoms. The van der Waals surface area contributed by atoms with Gasteiger partial charge >= 0.3 is 0 Å². The van der Waals surface area contributed by atoms with E-state index in [2.05, 4.69) is 0 Å². The number of carbonyl (C=O) groups is 1. The van der Waals surface area contributed by atoms with Gasteiger partial charge in [-0.15, -0.1) is 0 Å². The number of amides is 1. The van der Waals surface area contributed by atoms with Crippen LogP contribution in [0.25, 0.3) is 0 Å². The molecule has 20 heavy (non-hydrogen) atoms. The maximum Gasteiger partial charge on any atom is 0.222 e. The summed E-state index contributed by atoms with van der Waals surface area (Å²) in [5.74, 6) is 0.247. The number of hydrogen-bond acceptors (Lipinski definition) is 3. The summed E-state index contributed by atoms with van der Waals surface area (Å²) in [7, 11) is 0. The number of carbonyl (C=O) groups excluding carboxylic acids is 1. The predicted molar refractivity (Wildman–Crippen MR) is 80.4 cm³/mol. The highest BCUT2D eigenvalue weighted by atomic mass is 16.5. The van der Waals surface area contributed by atoms with E-state index in [1.807, 2.05) is 36.1 Å². The van der Waals surface area contributed by atoms with Crippen molar-refractivity contribution in [3.63, 3.8) is 0 Å². The number of likely N-dealkylation sites (tertiary alicyclic amines) is 1. The Morgan fingerprint density at radius 3 is 2.55 bits per heavy atom. The van der Waals surface area contributed by atoms with Crippen molar-refractivity contribution in [1.82, 2.24) is 4.90 Å². The molecule has 0 aliphatic carbocycles. The lowest BCUT2D eigenvalue weighted by molar-refractivity contribution is -0.133.